The van der Waals surface area contributed by atoms with E-state index in [1.807, 2.05) is 42.5 Å². The van der Waals surface area contributed by atoms with Gasteiger partial charge in [-0.15, -0.1) is 0 Å². The molecule has 0 radical (unpaired) electrons. The summed E-state index contributed by atoms with van der Waals surface area (Å²) in [7, 11) is 0. The van der Waals surface area contributed by atoms with Gasteiger partial charge in [-0.25, -0.2) is 4.79 Å². The van der Waals surface area contributed by atoms with E-state index in [9.17, 15) is 14.4 Å². The van der Waals surface area contributed by atoms with E-state index < -0.39 is 29.9 Å². The Bertz CT molecular complexity index is 1210. The molecule has 2 aliphatic rings. The maximum atomic E-state index is 12.9. The number of hydrogen-bond acceptors (Lipinski definition) is 4. The molecule has 2 amide bonds. The number of rotatable bonds is 8. The zero-order chi connectivity index (χ0) is 24.4. The molecule has 3 atom stereocenters. The summed E-state index contributed by atoms with van der Waals surface area (Å²) in [6, 6.07) is 24.1. The van der Waals surface area contributed by atoms with Gasteiger partial charge in [-0.3, -0.25) is 9.59 Å². The smallest absolute Gasteiger partial charge is 0.408 e. The molecule has 0 heterocycles. The number of hydrogen-bond donors (Lipinski definition) is 3. The number of alkyl carbamates (subject to hydrolysis) is 1. The van der Waals surface area contributed by atoms with Crippen LogP contribution in [0, 0.1) is 11.8 Å². The topological polar surface area (TPSA) is 105 Å². The Morgan fingerprint density at radius 3 is 2.09 bits per heavy atom. The molecule has 35 heavy (non-hydrogen) atoms. The van der Waals surface area contributed by atoms with Crippen molar-refractivity contribution in [3.63, 3.8) is 0 Å². The third-order valence-electron chi connectivity index (χ3n) is 6.78. The largest absolute Gasteiger partial charge is 0.481 e. The Morgan fingerprint density at radius 1 is 0.886 bits per heavy atom. The van der Waals surface area contributed by atoms with Crippen molar-refractivity contribution < 1.29 is 24.2 Å². The van der Waals surface area contributed by atoms with Crippen molar-refractivity contribution in [2.45, 2.75) is 18.4 Å². The Balaban J connectivity index is 1.25. The standard InChI is InChI=1S/C28H26N2O5/c31-26(29-15-18-14-23(18)27(32)33)25(17-8-2-1-3-9-17)30-28(34)35-16-24-21-12-6-4-10-19(21)20-11-5-7-13-22(20)24/h1-13,18,23-25H,14-16H2,(H,29,31)(H,30,34)(H,32,33)/t18-,23-,25?/m0/s1. The number of carbonyl (C=O) groups is 3. The Kier molecular flexibility index (Phi) is 6.23. The van der Waals surface area contributed by atoms with Crippen LogP contribution in [0.1, 0.15) is 35.1 Å². The maximum Gasteiger partial charge on any atom is 0.408 e. The third-order valence-corrected chi connectivity index (χ3v) is 6.78. The van der Waals surface area contributed by atoms with Gasteiger partial charge in [0.2, 0.25) is 5.91 Å². The highest BCUT2D eigenvalue weighted by Gasteiger charge is 2.43. The predicted octanol–water partition coefficient (Wildman–Crippen LogP) is 4.10. The monoisotopic (exact) mass is 470 g/mol. The summed E-state index contributed by atoms with van der Waals surface area (Å²) in [5.74, 6) is -1.83. The van der Waals surface area contributed by atoms with Gasteiger partial charge in [-0.1, -0.05) is 78.9 Å². The molecule has 1 saturated carbocycles. The second-order valence-electron chi connectivity index (χ2n) is 9.00. The quantitative estimate of drug-likeness (QED) is 0.460. The van der Waals surface area contributed by atoms with E-state index >= 15 is 0 Å². The number of fused-ring (bicyclic) bond motifs is 3. The van der Waals surface area contributed by atoms with Crippen molar-refractivity contribution >= 4 is 18.0 Å². The summed E-state index contributed by atoms with van der Waals surface area (Å²) in [6.45, 7) is 0.400. The fourth-order valence-electron chi connectivity index (χ4n) is 4.81. The molecular weight excluding hydrogens is 444 g/mol. The summed E-state index contributed by atoms with van der Waals surface area (Å²) in [4.78, 5) is 36.8. The van der Waals surface area contributed by atoms with Crippen LogP contribution in [-0.4, -0.2) is 36.2 Å². The highest BCUT2D eigenvalue weighted by atomic mass is 16.5. The number of amides is 2. The van der Waals surface area contributed by atoms with E-state index in [4.69, 9.17) is 9.84 Å². The predicted molar refractivity (Wildman–Crippen MR) is 130 cm³/mol. The maximum absolute atomic E-state index is 12.9. The number of carboxylic acid groups (broad SMARTS) is 1. The second-order valence-corrected chi connectivity index (χ2v) is 9.00. The fraction of sp³-hybridized carbons (Fsp3) is 0.250. The second kappa shape index (κ2) is 9.62. The van der Waals surface area contributed by atoms with Crippen molar-refractivity contribution in [1.82, 2.24) is 10.6 Å². The summed E-state index contributed by atoms with van der Waals surface area (Å²) >= 11 is 0. The lowest BCUT2D eigenvalue weighted by atomic mass is 9.98. The molecule has 0 bridgehead atoms. The summed E-state index contributed by atoms with van der Waals surface area (Å²) in [5, 5.41) is 14.6. The van der Waals surface area contributed by atoms with E-state index in [1.165, 1.54) is 0 Å². The molecule has 178 valence electrons. The van der Waals surface area contributed by atoms with Crippen LogP contribution in [0.2, 0.25) is 0 Å². The van der Waals surface area contributed by atoms with Crippen LogP contribution in [0.4, 0.5) is 4.79 Å². The van der Waals surface area contributed by atoms with Crippen molar-refractivity contribution in [2.24, 2.45) is 11.8 Å². The number of nitrogens with one attached hydrogen (secondary N) is 2. The first kappa shape index (κ1) is 22.7. The van der Waals surface area contributed by atoms with Gasteiger partial charge in [-0.05, 0) is 40.2 Å². The molecule has 3 aromatic carbocycles. The van der Waals surface area contributed by atoms with Crippen LogP contribution < -0.4 is 10.6 Å². The molecule has 0 aliphatic heterocycles. The molecule has 3 N–H and O–H groups in total. The van der Waals surface area contributed by atoms with Crippen molar-refractivity contribution in [2.75, 3.05) is 13.2 Å². The van der Waals surface area contributed by atoms with Gasteiger partial charge in [0.15, 0.2) is 0 Å². The molecule has 0 saturated heterocycles. The van der Waals surface area contributed by atoms with Gasteiger partial charge in [0.05, 0.1) is 5.92 Å². The number of carboxylic acids is 1. The van der Waals surface area contributed by atoms with Crippen molar-refractivity contribution in [1.29, 1.82) is 0 Å². The first-order valence-corrected chi connectivity index (χ1v) is 11.7. The minimum Gasteiger partial charge on any atom is -0.481 e. The minimum absolute atomic E-state index is 0.0812. The molecule has 0 spiro atoms. The lowest BCUT2D eigenvalue weighted by molar-refractivity contribution is -0.139. The van der Waals surface area contributed by atoms with Gasteiger partial charge in [0, 0.05) is 12.5 Å². The normalized spacial score (nSPS) is 18.6. The Morgan fingerprint density at radius 2 is 1.49 bits per heavy atom. The number of carbonyl (C=O) groups excluding carboxylic acids is 2. The fourth-order valence-corrected chi connectivity index (χ4v) is 4.81. The molecule has 0 aromatic heterocycles. The highest BCUT2D eigenvalue weighted by molar-refractivity contribution is 5.87. The Hall–Kier alpha value is -4.13. The molecule has 1 unspecified atom stereocenters. The molecule has 7 heteroatoms. The Labute approximate surface area is 203 Å². The number of benzene rings is 3. The molecular formula is C28H26N2O5. The van der Waals surface area contributed by atoms with Crippen LogP contribution in [-0.2, 0) is 14.3 Å². The molecule has 2 aliphatic carbocycles. The number of ether oxygens (including phenoxy) is 1. The van der Waals surface area contributed by atoms with Gasteiger partial charge >= 0.3 is 12.1 Å². The van der Waals surface area contributed by atoms with E-state index in [2.05, 4.69) is 22.8 Å². The first-order chi connectivity index (χ1) is 17.0. The zero-order valence-corrected chi connectivity index (χ0v) is 19.0. The highest BCUT2D eigenvalue weighted by Crippen LogP contribution is 2.44. The first-order valence-electron chi connectivity index (χ1n) is 11.7. The molecule has 1 fully saturated rings. The van der Waals surface area contributed by atoms with Crippen molar-refractivity contribution in [3.05, 3.63) is 95.6 Å². The minimum atomic E-state index is -0.950. The van der Waals surface area contributed by atoms with E-state index in [1.54, 1.807) is 24.3 Å². The van der Waals surface area contributed by atoms with Crippen molar-refractivity contribution in [3.8, 4) is 11.1 Å². The summed E-state index contributed by atoms with van der Waals surface area (Å²) in [6.07, 6.45) is -0.142. The number of aliphatic carboxylic acids is 1. The average molecular weight is 471 g/mol. The lowest BCUT2D eigenvalue weighted by Crippen LogP contribution is -2.41. The van der Waals surface area contributed by atoms with Gasteiger partial charge < -0.3 is 20.5 Å². The lowest BCUT2D eigenvalue weighted by Gasteiger charge is -2.20. The van der Waals surface area contributed by atoms with Crippen LogP contribution in [0.15, 0.2) is 78.9 Å². The van der Waals surface area contributed by atoms with Crippen LogP contribution in [0.3, 0.4) is 0 Å². The van der Waals surface area contributed by atoms with Crippen LogP contribution in [0.5, 0.6) is 0 Å². The summed E-state index contributed by atoms with van der Waals surface area (Å²) < 4.78 is 5.62. The molecule has 3 aromatic rings. The third kappa shape index (κ3) is 4.75. The van der Waals surface area contributed by atoms with E-state index in [-0.39, 0.29) is 25.0 Å². The molecule has 5 rings (SSSR count). The van der Waals surface area contributed by atoms with Crippen LogP contribution >= 0.6 is 0 Å². The van der Waals surface area contributed by atoms with Gasteiger partial charge in [-0.2, -0.15) is 0 Å². The average Bonchev–Trinajstić information content (AvgIpc) is 3.61. The zero-order valence-electron chi connectivity index (χ0n) is 19.0. The van der Waals surface area contributed by atoms with E-state index in [0.29, 0.717) is 12.0 Å². The van der Waals surface area contributed by atoms with E-state index in [0.717, 1.165) is 22.3 Å². The van der Waals surface area contributed by atoms with Gasteiger partial charge in [0.1, 0.15) is 12.6 Å². The van der Waals surface area contributed by atoms with Crippen LogP contribution in [0.25, 0.3) is 11.1 Å². The van der Waals surface area contributed by atoms with Gasteiger partial charge in [0.25, 0.3) is 0 Å². The SMILES string of the molecule is O=C(NC(C(=O)NC[C@@H]1C[C@@H]1C(=O)O)c1ccccc1)OCC1c2ccccc2-c2ccccc21. The summed E-state index contributed by atoms with van der Waals surface area (Å²) in [5.41, 5.74) is 5.11. The molecule has 7 nitrogen and oxygen atoms in total.